The molecule has 0 saturated carbocycles. The van der Waals surface area contributed by atoms with Crippen LogP contribution < -0.4 is 5.32 Å². The van der Waals surface area contributed by atoms with Crippen LogP contribution in [0.1, 0.15) is 21.7 Å². The van der Waals surface area contributed by atoms with Gasteiger partial charge in [0.15, 0.2) is 0 Å². The van der Waals surface area contributed by atoms with Crippen molar-refractivity contribution >= 4 is 11.7 Å². The van der Waals surface area contributed by atoms with Crippen LogP contribution in [0.25, 0.3) is 5.82 Å². The number of amides is 1. The normalized spacial score (nSPS) is 10.5. The molecule has 6 heteroatoms. The average Bonchev–Trinajstić information content (AvgIpc) is 2.94. The Labute approximate surface area is 127 Å². The lowest BCUT2D eigenvalue weighted by Crippen LogP contribution is -2.13. The molecule has 0 fully saturated rings. The van der Waals surface area contributed by atoms with Gasteiger partial charge in [-0.3, -0.25) is 9.36 Å². The van der Waals surface area contributed by atoms with E-state index < -0.39 is 0 Å². The van der Waals surface area contributed by atoms with Gasteiger partial charge in [-0.25, -0.2) is 15.0 Å². The lowest BCUT2D eigenvalue weighted by molar-refractivity contribution is 0.102. The molecule has 1 aromatic carbocycles. The first-order valence-electron chi connectivity index (χ1n) is 6.84. The number of hydrogen-bond donors (Lipinski definition) is 1. The van der Waals surface area contributed by atoms with E-state index in [0.29, 0.717) is 17.2 Å². The highest BCUT2D eigenvalue weighted by Crippen LogP contribution is 2.12. The molecule has 0 unspecified atom stereocenters. The molecular formula is C16H15N5O. The lowest BCUT2D eigenvalue weighted by atomic mass is 10.1. The number of anilines is 1. The summed E-state index contributed by atoms with van der Waals surface area (Å²) in [4.78, 5) is 24.6. The Morgan fingerprint density at radius 1 is 1.09 bits per heavy atom. The predicted molar refractivity (Wildman–Crippen MR) is 83.0 cm³/mol. The number of imidazole rings is 1. The van der Waals surface area contributed by atoms with Gasteiger partial charge in [-0.05, 0) is 26.0 Å². The Bertz CT molecular complexity index is 807. The average molecular weight is 293 g/mol. The number of nitrogens with one attached hydrogen (secondary N) is 1. The zero-order valence-corrected chi connectivity index (χ0v) is 12.3. The minimum absolute atomic E-state index is 0.202. The van der Waals surface area contributed by atoms with E-state index in [9.17, 15) is 4.79 Å². The fraction of sp³-hybridized carbons (Fsp3) is 0.125. The highest BCUT2D eigenvalue weighted by molar-refractivity contribution is 6.03. The van der Waals surface area contributed by atoms with E-state index >= 15 is 0 Å². The summed E-state index contributed by atoms with van der Waals surface area (Å²) in [6.45, 7) is 3.86. The van der Waals surface area contributed by atoms with Crippen molar-refractivity contribution in [3.63, 3.8) is 0 Å². The third-order valence-corrected chi connectivity index (χ3v) is 3.28. The molecule has 2 heterocycles. The minimum atomic E-state index is -0.202. The molecule has 1 amide bonds. The van der Waals surface area contributed by atoms with Crippen LogP contribution in [0.5, 0.6) is 0 Å². The van der Waals surface area contributed by atoms with Crippen LogP contribution in [0.2, 0.25) is 0 Å². The molecule has 1 N–H and O–H groups in total. The third-order valence-electron chi connectivity index (χ3n) is 3.28. The van der Waals surface area contributed by atoms with Gasteiger partial charge in [0.05, 0.1) is 0 Å². The number of carbonyl (C=O) groups is 1. The van der Waals surface area contributed by atoms with E-state index in [1.165, 1.54) is 6.33 Å². The van der Waals surface area contributed by atoms with E-state index in [4.69, 9.17) is 0 Å². The second kappa shape index (κ2) is 5.77. The maximum absolute atomic E-state index is 12.2. The molecule has 3 rings (SSSR count). The zero-order valence-electron chi connectivity index (χ0n) is 12.3. The smallest absolute Gasteiger partial charge is 0.256 e. The Morgan fingerprint density at radius 3 is 2.55 bits per heavy atom. The first kappa shape index (κ1) is 13.9. The molecular weight excluding hydrogens is 278 g/mol. The summed E-state index contributed by atoms with van der Waals surface area (Å²) in [6.07, 6.45) is 4.92. The highest BCUT2D eigenvalue weighted by Gasteiger charge is 2.08. The van der Waals surface area contributed by atoms with Crippen molar-refractivity contribution in [2.75, 3.05) is 5.32 Å². The van der Waals surface area contributed by atoms with Crippen LogP contribution in [0.3, 0.4) is 0 Å². The monoisotopic (exact) mass is 293 g/mol. The maximum atomic E-state index is 12.2. The van der Waals surface area contributed by atoms with E-state index in [0.717, 1.165) is 11.4 Å². The van der Waals surface area contributed by atoms with Crippen LogP contribution in [-0.4, -0.2) is 25.4 Å². The zero-order chi connectivity index (χ0) is 15.5. The van der Waals surface area contributed by atoms with Gasteiger partial charge in [-0.2, -0.15) is 0 Å². The largest absolute Gasteiger partial charge is 0.306 e. The first-order valence-corrected chi connectivity index (χ1v) is 6.84. The topological polar surface area (TPSA) is 72.7 Å². The standard InChI is InChI=1S/C16H15N5O/c1-11-3-5-13(6-4-11)16(22)20-14-9-15(19-10-18-14)21-8-7-17-12(21)2/h3-10H,1-2H3,(H,18,19,20,22). The molecule has 2 aromatic heterocycles. The van der Waals surface area contributed by atoms with Gasteiger partial charge in [0, 0.05) is 24.0 Å². The highest BCUT2D eigenvalue weighted by atomic mass is 16.1. The Kier molecular flexibility index (Phi) is 3.65. The van der Waals surface area contributed by atoms with Crippen molar-refractivity contribution in [1.82, 2.24) is 19.5 Å². The Morgan fingerprint density at radius 2 is 1.86 bits per heavy atom. The number of aromatic nitrogens is 4. The SMILES string of the molecule is Cc1ccc(C(=O)Nc2cc(-n3ccnc3C)ncn2)cc1. The molecule has 22 heavy (non-hydrogen) atoms. The summed E-state index contributed by atoms with van der Waals surface area (Å²) < 4.78 is 1.82. The van der Waals surface area contributed by atoms with Crippen molar-refractivity contribution in [3.05, 3.63) is 66.0 Å². The van der Waals surface area contributed by atoms with Gasteiger partial charge in [-0.15, -0.1) is 0 Å². The van der Waals surface area contributed by atoms with Gasteiger partial charge in [-0.1, -0.05) is 17.7 Å². The van der Waals surface area contributed by atoms with Crippen LogP contribution in [0.4, 0.5) is 5.82 Å². The second-order valence-electron chi connectivity index (χ2n) is 4.93. The summed E-state index contributed by atoms with van der Waals surface area (Å²) in [7, 11) is 0. The van der Waals surface area contributed by atoms with Gasteiger partial charge >= 0.3 is 0 Å². The summed E-state index contributed by atoms with van der Waals surface area (Å²) in [6, 6.07) is 9.07. The number of rotatable bonds is 3. The van der Waals surface area contributed by atoms with Gasteiger partial charge in [0.2, 0.25) is 0 Å². The molecule has 0 atom stereocenters. The molecule has 0 saturated heterocycles. The number of benzene rings is 1. The second-order valence-corrected chi connectivity index (χ2v) is 4.93. The Balaban J connectivity index is 1.82. The van der Waals surface area contributed by atoms with Crippen molar-refractivity contribution in [1.29, 1.82) is 0 Å². The van der Waals surface area contributed by atoms with Gasteiger partial charge < -0.3 is 5.32 Å². The van der Waals surface area contributed by atoms with Crippen molar-refractivity contribution < 1.29 is 4.79 Å². The number of carbonyl (C=O) groups excluding carboxylic acids is 1. The molecule has 0 aliphatic rings. The van der Waals surface area contributed by atoms with E-state index in [1.807, 2.05) is 36.7 Å². The van der Waals surface area contributed by atoms with Crippen molar-refractivity contribution in [2.24, 2.45) is 0 Å². The van der Waals surface area contributed by atoms with E-state index in [2.05, 4.69) is 20.3 Å². The van der Waals surface area contributed by atoms with Gasteiger partial charge in [0.1, 0.15) is 23.8 Å². The maximum Gasteiger partial charge on any atom is 0.256 e. The fourth-order valence-corrected chi connectivity index (χ4v) is 2.06. The number of hydrogen-bond acceptors (Lipinski definition) is 4. The third kappa shape index (κ3) is 2.85. The molecule has 0 bridgehead atoms. The minimum Gasteiger partial charge on any atom is -0.306 e. The summed E-state index contributed by atoms with van der Waals surface area (Å²) in [5.41, 5.74) is 1.70. The fourth-order valence-electron chi connectivity index (χ4n) is 2.06. The summed E-state index contributed by atoms with van der Waals surface area (Å²) >= 11 is 0. The van der Waals surface area contributed by atoms with Crippen LogP contribution in [0.15, 0.2) is 49.1 Å². The first-order chi connectivity index (χ1) is 10.6. The lowest BCUT2D eigenvalue weighted by Gasteiger charge is -2.07. The molecule has 0 aliphatic carbocycles. The number of nitrogens with zero attached hydrogens (tertiary/aromatic N) is 4. The summed E-state index contributed by atoms with van der Waals surface area (Å²) in [5.74, 6) is 1.72. The predicted octanol–water partition coefficient (Wildman–Crippen LogP) is 2.53. The van der Waals surface area contributed by atoms with E-state index in [-0.39, 0.29) is 5.91 Å². The van der Waals surface area contributed by atoms with Gasteiger partial charge in [0.25, 0.3) is 5.91 Å². The van der Waals surface area contributed by atoms with Crippen LogP contribution in [-0.2, 0) is 0 Å². The van der Waals surface area contributed by atoms with Crippen molar-refractivity contribution in [3.8, 4) is 5.82 Å². The molecule has 110 valence electrons. The molecule has 3 aromatic rings. The number of aryl methyl sites for hydroxylation is 2. The Hall–Kier alpha value is -3.02. The molecule has 6 nitrogen and oxygen atoms in total. The quantitative estimate of drug-likeness (QED) is 0.805. The van der Waals surface area contributed by atoms with Crippen LogP contribution >= 0.6 is 0 Å². The van der Waals surface area contributed by atoms with Crippen molar-refractivity contribution in [2.45, 2.75) is 13.8 Å². The summed E-state index contributed by atoms with van der Waals surface area (Å²) in [5, 5.41) is 2.78. The van der Waals surface area contributed by atoms with Crippen LogP contribution in [0, 0.1) is 13.8 Å². The molecule has 0 aliphatic heterocycles. The van der Waals surface area contributed by atoms with E-state index in [1.54, 1.807) is 24.4 Å². The molecule has 0 spiro atoms. The molecule has 0 radical (unpaired) electrons.